The fourth-order valence-corrected chi connectivity index (χ4v) is 2.15. The Bertz CT molecular complexity index is 773. The molecule has 1 heterocycles. The third-order valence-corrected chi connectivity index (χ3v) is 3.24. The minimum absolute atomic E-state index is 0.300. The SMILES string of the molecule is COC(=O)c1ccccc1COc1ccc2occc2c1. The summed E-state index contributed by atoms with van der Waals surface area (Å²) in [6, 6.07) is 14.7. The lowest BCUT2D eigenvalue weighted by atomic mass is 10.1. The first-order chi connectivity index (χ1) is 10.3. The molecule has 0 N–H and O–H groups in total. The molecule has 0 radical (unpaired) electrons. The summed E-state index contributed by atoms with van der Waals surface area (Å²) >= 11 is 0. The Kier molecular flexibility index (Phi) is 3.60. The zero-order valence-corrected chi connectivity index (χ0v) is 11.5. The lowest BCUT2D eigenvalue weighted by Gasteiger charge is -2.09. The molecule has 0 aliphatic rings. The standard InChI is InChI=1S/C17H14O4/c1-19-17(18)15-5-3-2-4-13(15)11-21-14-6-7-16-12(10-14)8-9-20-16/h2-10H,11H2,1H3. The van der Waals surface area contributed by atoms with Gasteiger partial charge in [-0.3, -0.25) is 0 Å². The van der Waals surface area contributed by atoms with Crippen molar-refractivity contribution in [1.82, 2.24) is 0 Å². The van der Waals surface area contributed by atoms with E-state index in [2.05, 4.69) is 0 Å². The van der Waals surface area contributed by atoms with Gasteiger partial charge in [0.1, 0.15) is 17.9 Å². The van der Waals surface area contributed by atoms with E-state index >= 15 is 0 Å². The summed E-state index contributed by atoms with van der Waals surface area (Å²) in [7, 11) is 1.37. The number of furan rings is 1. The molecule has 1 aromatic heterocycles. The number of ether oxygens (including phenoxy) is 2. The first-order valence-electron chi connectivity index (χ1n) is 6.54. The molecule has 0 bridgehead atoms. The number of carbonyl (C=O) groups is 1. The molecule has 3 aromatic rings. The smallest absolute Gasteiger partial charge is 0.338 e. The summed E-state index contributed by atoms with van der Waals surface area (Å²) in [4.78, 5) is 11.7. The van der Waals surface area contributed by atoms with Crippen LogP contribution in [0.4, 0.5) is 0 Å². The summed E-state index contributed by atoms with van der Waals surface area (Å²) in [5, 5.41) is 0.980. The van der Waals surface area contributed by atoms with Crippen LogP contribution in [0.1, 0.15) is 15.9 Å². The van der Waals surface area contributed by atoms with E-state index in [0.29, 0.717) is 12.2 Å². The second-order valence-electron chi connectivity index (χ2n) is 4.56. The Morgan fingerprint density at radius 3 is 2.86 bits per heavy atom. The van der Waals surface area contributed by atoms with Crippen LogP contribution in [0.25, 0.3) is 11.0 Å². The maximum atomic E-state index is 11.7. The molecule has 0 fully saturated rings. The fraction of sp³-hybridized carbons (Fsp3) is 0.118. The van der Waals surface area contributed by atoms with Crippen molar-refractivity contribution in [3.63, 3.8) is 0 Å². The number of methoxy groups -OCH3 is 1. The minimum atomic E-state index is -0.362. The van der Waals surface area contributed by atoms with Gasteiger partial charge in [-0.2, -0.15) is 0 Å². The van der Waals surface area contributed by atoms with E-state index in [9.17, 15) is 4.79 Å². The van der Waals surface area contributed by atoms with Crippen LogP contribution in [0.5, 0.6) is 5.75 Å². The predicted octanol–water partition coefficient (Wildman–Crippen LogP) is 3.80. The average molecular weight is 282 g/mol. The van der Waals surface area contributed by atoms with Crippen LogP contribution in [-0.2, 0) is 11.3 Å². The van der Waals surface area contributed by atoms with E-state index in [4.69, 9.17) is 13.9 Å². The van der Waals surface area contributed by atoms with Gasteiger partial charge >= 0.3 is 5.97 Å². The molecule has 0 amide bonds. The molecular weight excluding hydrogens is 268 g/mol. The number of fused-ring (bicyclic) bond motifs is 1. The summed E-state index contributed by atoms with van der Waals surface area (Å²) < 4.78 is 15.8. The van der Waals surface area contributed by atoms with Crippen molar-refractivity contribution in [2.24, 2.45) is 0 Å². The highest BCUT2D eigenvalue weighted by Crippen LogP contribution is 2.23. The largest absolute Gasteiger partial charge is 0.489 e. The van der Waals surface area contributed by atoms with Gasteiger partial charge < -0.3 is 13.9 Å². The van der Waals surface area contributed by atoms with Gasteiger partial charge in [-0.05, 0) is 30.3 Å². The van der Waals surface area contributed by atoms with E-state index < -0.39 is 0 Å². The van der Waals surface area contributed by atoms with Crippen LogP contribution >= 0.6 is 0 Å². The van der Waals surface area contributed by atoms with Crippen molar-refractivity contribution in [2.75, 3.05) is 7.11 Å². The first-order valence-corrected chi connectivity index (χ1v) is 6.54. The van der Waals surface area contributed by atoms with E-state index in [0.717, 1.165) is 22.3 Å². The number of esters is 1. The molecular formula is C17H14O4. The van der Waals surface area contributed by atoms with Crippen LogP contribution < -0.4 is 4.74 Å². The highest BCUT2D eigenvalue weighted by Gasteiger charge is 2.11. The lowest BCUT2D eigenvalue weighted by molar-refractivity contribution is 0.0597. The van der Waals surface area contributed by atoms with E-state index in [1.165, 1.54) is 7.11 Å². The summed E-state index contributed by atoms with van der Waals surface area (Å²) in [5.74, 6) is 0.364. The molecule has 21 heavy (non-hydrogen) atoms. The molecule has 106 valence electrons. The van der Waals surface area contributed by atoms with Gasteiger partial charge in [-0.15, -0.1) is 0 Å². The zero-order chi connectivity index (χ0) is 14.7. The van der Waals surface area contributed by atoms with Crippen LogP contribution in [0.3, 0.4) is 0 Å². The van der Waals surface area contributed by atoms with Gasteiger partial charge in [0.15, 0.2) is 0 Å². The molecule has 4 nitrogen and oxygen atoms in total. The van der Waals surface area contributed by atoms with Crippen molar-refractivity contribution in [3.8, 4) is 5.75 Å². The van der Waals surface area contributed by atoms with Gasteiger partial charge in [0.05, 0.1) is 18.9 Å². The number of hydrogen-bond donors (Lipinski definition) is 0. The second-order valence-corrected chi connectivity index (χ2v) is 4.56. The van der Waals surface area contributed by atoms with E-state index in [1.807, 2.05) is 36.4 Å². The molecule has 0 aliphatic carbocycles. The highest BCUT2D eigenvalue weighted by atomic mass is 16.5. The Hall–Kier alpha value is -2.75. The molecule has 0 spiro atoms. The molecule has 2 aromatic carbocycles. The Morgan fingerprint density at radius 1 is 1.14 bits per heavy atom. The van der Waals surface area contributed by atoms with Crippen molar-refractivity contribution >= 4 is 16.9 Å². The fourth-order valence-electron chi connectivity index (χ4n) is 2.15. The van der Waals surface area contributed by atoms with Crippen LogP contribution in [0.2, 0.25) is 0 Å². The normalized spacial score (nSPS) is 10.5. The topological polar surface area (TPSA) is 48.7 Å². The number of hydrogen-bond acceptors (Lipinski definition) is 4. The Labute approximate surface area is 121 Å². The molecule has 3 rings (SSSR count). The average Bonchev–Trinajstić information content (AvgIpc) is 3.00. The van der Waals surface area contributed by atoms with Crippen molar-refractivity contribution < 1.29 is 18.7 Å². The second kappa shape index (κ2) is 5.71. The minimum Gasteiger partial charge on any atom is -0.489 e. The Balaban J connectivity index is 1.79. The first kappa shape index (κ1) is 13.2. The van der Waals surface area contributed by atoms with Crippen LogP contribution in [0.15, 0.2) is 59.2 Å². The summed E-state index contributed by atoms with van der Waals surface area (Å²) in [6.45, 7) is 0.300. The van der Waals surface area contributed by atoms with Crippen molar-refractivity contribution in [2.45, 2.75) is 6.61 Å². The van der Waals surface area contributed by atoms with Crippen molar-refractivity contribution in [1.29, 1.82) is 0 Å². The van der Waals surface area contributed by atoms with Crippen LogP contribution in [0, 0.1) is 0 Å². The maximum Gasteiger partial charge on any atom is 0.338 e. The molecule has 4 heteroatoms. The molecule has 0 saturated heterocycles. The maximum absolute atomic E-state index is 11.7. The molecule has 0 atom stereocenters. The summed E-state index contributed by atoms with van der Waals surface area (Å²) in [5.41, 5.74) is 2.12. The van der Waals surface area contributed by atoms with Crippen LogP contribution in [-0.4, -0.2) is 13.1 Å². The van der Waals surface area contributed by atoms with Gasteiger partial charge in [0, 0.05) is 10.9 Å². The summed E-state index contributed by atoms with van der Waals surface area (Å²) in [6.07, 6.45) is 1.64. The molecule has 0 aliphatic heterocycles. The third-order valence-electron chi connectivity index (χ3n) is 3.24. The molecule has 0 saturated carbocycles. The lowest BCUT2D eigenvalue weighted by Crippen LogP contribution is -2.07. The number of rotatable bonds is 4. The van der Waals surface area contributed by atoms with Gasteiger partial charge in [0.25, 0.3) is 0 Å². The van der Waals surface area contributed by atoms with Crippen molar-refractivity contribution in [3.05, 3.63) is 65.9 Å². The Morgan fingerprint density at radius 2 is 2.00 bits per heavy atom. The van der Waals surface area contributed by atoms with Gasteiger partial charge in [0.2, 0.25) is 0 Å². The quantitative estimate of drug-likeness (QED) is 0.683. The van der Waals surface area contributed by atoms with E-state index in [-0.39, 0.29) is 5.97 Å². The van der Waals surface area contributed by atoms with Gasteiger partial charge in [-0.1, -0.05) is 18.2 Å². The number of carbonyl (C=O) groups excluding carboxylic acids is 1. The van der Waals surface area contributed by atoms with Gasteiger partial charge in [-0.25, -0.2) is 4.79 Å². The predicted molar refractivity (Wildman–Crippen MR) is 78.3 cm³/mol. The zero-order valence-electron chi connectivity index (χ0n) is 11.5. The third kappa shape index (κ3) is 2.74. The highest BCUT2D eigenvalue weighted by molar-refractivity contribution is 5.90. The number of benzene rings is 2. The van der Waals surface area contributed by atoms with E-state index in [1.54, 1.807) is 18.4 Å². The molecule has 0 unspecified atom stereocenters. The monoisotopic (exact) mass is 282 g/mol.